The molecule has 0 aliphatic carbocycles. The largest absolute Gasteiger partial charge is 0.485 e. The fraction of sp³-hybridized carbons (Fsp3) is 0.0625. The zero-order valence-corrected chi connectivity index (χ0v) is 14.9. The van der Waals surface area contributed by atoms with Gasteiger partial charge in [-0.2, -0.15) is 0 Å². The summed E-state index contributed by atoms with van der Waals surface area (Å²) in [7, 11) is 0. The minimum Gasteiger partial charge on any atom is -0.485 e. The molecule has 0 bridgehead atoms. The summed E-state index contributed by atoms with van der Waals surface area (Å²) in [6.07, 6.45) is 1.71. The second kappa shape index (κ2) is 6.64. The van der Waals surface area contributed by atoms with Crippen LogP contribution < -0.4 is 4.74 Å². The monoisotopic (exact) mass is 436 g/mol. The number of nitro groups is 1. The van der Waals surface area contributed by atoms with Crippen LogP contribution in [-0.2, 0) is 6.61 Å². The van der Waals surface area contributed by atoms with Crippen LogP contribution in [0, 0.1) is 10.1 Å². The highest BCUT2D eigenvalue weighted by atomic mass is 79.9. The zero-order valence-electron chi connectivity index (χ0n) is 11.7. The van der Waals surface area contributed by atoms with Gasteiger partial charge in [-0.05, 0) is 45.8 Å². The molecule has 3 aromatic rings. The fourth-order valence-corrected chi connectivity index (χ4v) is 3.54. The van der Waals surface area contributed by atoms with E-state index in [-0.39, 0.29) is 5.69 Å². The summed E-state index contributed by atoms with van der Waals surface area (Å²) in [5.41, 5.74) is 1.65. The summed E-state index contributed by atoms with van der Waals surface area (Å²) in [6, 6.07) is 12.0. The number of benzene rings is 2. The smallest absolute Gasteiger partial charge is 0.269 e. The van der Waals surface area contributed by atoms with Gasteiger partial charge in [0.1, 0.15) is 12.1 Å². The Kier molecular flexibility index (Phi) is 4.58. The Morgan fingerprint density at radius 3 is 2.57 bits per heavy atom. The highest BCUT2D eigenvalue weighted by Gasteiger charge is 2.12. The Balaban J connectivity index is 1.88. The molecule has 1 aromatic heterocycles. The van der Waals surface area contributed by atoms with Crippen LogP contribution >= 0.6 is 31.9 Å². The standard InChI is InChI=1S/C16H10Br2N2O3/c17-13-8-14(18)16(15-12(13)2-1-7-19-15)23-9-10-3-5-11(6-4-10)20(21)22/h1-8H,9H2. The van der Waals surface area contributed by atoms with Crippen molar-refractivity contribution in [2.75, 3.05) is 0 Å². The highest BCUT2D eigenvalue weighted by molar-refractivity contribution is 9.11. The van der Waals surface area contributed by atoms with Gasteiger partial charge >= 0.3 is 0 Å². The van der Waals surface area contributed by atoms with Crippen molar-refractivity contribution < 1.29 is 9.66 Å². The van der Waals surface area contributed by atoms with E-state index in [0.717, 1.165) is 25.4 Å². The summed E-state index contributed by atoms with van der Waals surface area (Å²) >= 11 is 7.00. The SMILES string of the molecule is O=[N+]([O-])c1ccc(COc2c(Br)cc(Br)c3cccnc23)cc1. The van der Waals surface area contributed by atoms with Crippen LogP contribution in [-0.4, -0.2) is 9.91 Å². The van der Waals surface area contributed by atoms with Gasteiger partial charge in [-0.15, -0.1) is 0 Å². The van der Waals surface area contributed by atoms with Crippen molar-refractivity contribution in [1.29, 1.82) is 0 Å². The average Bonchev–Trinajstić information content (AvgIpc) is 2.55. The first-order valence-electron chi connectivity index (χ1n) is 6.65. The van der Waals surface area contributed by atoms with Crippen LogP contribution in [0.4, 0.5) is 5.69 Å². The Bertz CT molecular complexity index is 882. The van der Waals surface area contributed by atoms with E-state index in [1.807, 2.05) is 18.2 Å². The molecule has 0 saturated carbocycles. The first-order valence-corrected chi connectivity index (χ1v) is 8.23. The molecule has 5 nitrogen and oxygen atoms in total. The van der Waals surface area contributed by atoms with E-state index in [4.69, 9.17) is 4.74 Å². The van der Waals surface area contributed by atoms with Crippen LogP contribution in [0.3, 0.4) is 0 Å². The second-order valence-electron chi connectivity index (χ2n) is 4.78. The molecule has 0 aliphatic rings. The number of fused-ring (bicyclic) bond motifs is 1. The number of pyridine rings is 1. The number of rotatable bonds is 4. The lowest BCUT2D eigenvalue weighted by atomic mass is 10.2. The van der Waals surface area contributed by atoms with Crippen LogP contribution in [0.5, 0.6) is 5.75 Å². The molecule has 3 rings (SSSR count). The van der Waals surface area contributed by atoms with Crippen LogP contribution in [0.1, 0.15) is 5.56 Å². The van der Waals surface area contributed by atoms with Gasteiger partial charge in [0.05, 0.1) is 9.40 Å². The Morgan fingerprint density at radius 1 is 1.13 bits per heavy atom. The Morgan fingerprint density at radius 2 is 1.87 bits per heavy atom. The molecule has 116 valence electrons. The molecule has 0 amide bonds. The van der Waals surface area contributed by atoms with Gasteiger partial charge in [0.2, 0.25) is 0 Å². The molecule has 0 N–H and O–H groups in total. The highest BCUT2D eigenvalue weighted by Crippen LogP contribution is 2.37. The summed E-state index contributed by atoms with van der Waals surface area (Å²) in [6.45, 7) is 0.296. The number of aromatic nitrogens is 1. The van der Waals surface area contributed by atoms with Crippen LogP contribution in [0.15, 0.2) is 57.6 Å². The lowest BCUT2D eigenvalue weighted by molar-refractivity contribution is -0.384. The van der Waals surface area contributed by atoms with Gasteiger partial charge in [-0.25, -0.2) is 0 Å². The second-order valence-corrected chi connectivity index (χ2v) is 6.49. The van der Waals surface area contributed by atoms with E-state index in [9.17, 15) is 10.1 Å². The Hall–Kier alpha value is -1.99. The third-order valence-corrected chi connectivity index (χ3v) is 4.53. The number of hydrogen-bond acceptors (Lipinski definition) is 4. The predicted octanol–water partition coefficient (Wildman–Crippen LogP) is 5.25. The van der Waals surface area contributed by atoms with Crippen LogP contribution in [0.2, 0.25) is 0 Å². The van der Waals surface area contributed by atoms with E-state index in [1.165, 1.54) is 12.1 Å². The Labute approximate surface area is 148 Å². The van der Waals surface area contributed by atoms with Crippen molar-refractivity contribution in [1.82, 2.24) is 4.98 Å². The maximum Gasteiger partial charge on any atom is 0.269 e. The molecule has 0 fully saturated rings. The normalized spacial score (nSPS) is 10.7. The number of halogens is 2. The molecule has 2 aromatic carbocycles. The number of hydrogen-bond donors (Lipinski definition) is 0. The van der Waals surface area contributed by atoms with Crippen molar-refractivity contribution in [2.45, 2.75) is 6.61 Å². The van der Waals surface area contributed by atoms with Gasteiger partial charge < -0.3 is 4.74 Å². The lowest BCUT2D eigenvalue weighted by Crippen LogP contribution is -1.98. The van der Waals surface area contributed by atoms with E-state index < -0.39 is 4.92 Å². The van der Waals surface area contributed by atoms with Crippen molar-refractivity contribution in [3.8, 4) is 5.75 Å². The minimum atomic E-state index is -0.423. The number of nitro benzene ring substituents is 1. The number of ether oxygens (including phenoxy) is 1. The maximum atomic E-state index is 10.7. The molecule has 0 aliphatic heterocycles. The summed E-state index contributed by atoms with van der Waals surface area (Å²) in [4.78, 5) is 14.6. The number of non-ortho nitro benzene ring substituents is 1. The van der Waals surface area contributed by atoms with Crippen molar-refractivity contribution in [3.63, 3.8) is 0 Å². The van der Waals surface area contributed by atoms with E-state index in [0.29, 0.717) is 12.4 Å². The molecule has 1 heterocycles. The van der Waals surface area contributed by atoms with Crippen molar-refractivity contribution in [3.05, 3.63) is 73.3 Å². The van der Waals surface area contributed by atoms with E-state index in [1.54, 1.807) is 18.3 Å². The quantitative estimate of drug-likeness (QED) is 0.413. The van der Waals surface area contributed by atoms with E-state index >= 15 is 0 Å². The molecule has 0 spiro atoms. The maximum absolute atomic E-state index is 10.7. The first kappa shape index (κ1) is 15.9. The van der Waals surface area contributed by atoms with Crippen LogP contribution in [0.25, 0.3) is 10.9 Å². The van der Waals surface area contributed by atoms with Crippen molar-refractivity contribution >= 4 is 48.5 Å². The van der Waals surface area contributed by atoms with Gasteiger partial charge in [0.25, 0.3) is 5.69 Å². The van der Waals surface area contributed by atoms with E-state index in [2.05, 4.69) is 36.8 Å². The summed E-state index contributed by atoms with van der Waals surface area (Å²) in [5.74, 6) is 0.641. The molecular weight excluding hydrogens is 428 g/mol. The first-order chi connectivity index (χ1) is 11.1. The molecule has 23 heavy (non-hydrogen) atoms. The molecule has 0 radical (unpaired) electrons. The lowest BCUT2D eigenvalue weighted by Gasteiger charge is -2.12. The zero-order chi connectivity index (χ0) is 16.4. The van der Waals surface area contributed by atoms with Gasteiger partial charge in [0.15, 0.2) is 5.75 Å². The topological polar surface area (TPSA) is 65.3 Å². The fourth-order valence-electron chi connectivity index (χ4n) is 2.15. The molecule has 7 heteroatoms. The van der Waals surface area contributed by atoms with Crippen molar-refractivity contribution in [2.24, 2.45) is 0 Å². The average molecular weight is 438 g/mol. The van der Waals surface area contributed by atoms with Gasteiger partial charge in [-0.3, -0.25) is 15.1 Å². The summed E-state index contributed by atoms with van der Waals surface area (Å²) in [5, 5.41) is 11.6. The molecule has 0 unspecified atom stereocenters. The van der Waals surface area contributed by atoms with Gasteiger partial charge in [0, 0.05) is 28.2 Å². The third kappa shape index (κ3) is 3.35. The molecular formula is C16H10Br2N2O3. The van der Waals surface area contributed by atoms with Gasteiger partial charge in [-0.1, -0.05) is 22.0 Å². The number of nitrogens with zero attached hydrogens (tertiary/aromatic N) is 2. The predicted molar refractivity (Wildman–Crippen MR) is 94.6 cm³/mol. The molecule has 0 saturated heterocycles. The minimum absolute atomic E-state index is 0.0608. The molecule has 0 atom stereocenters. The summed E-state index contributed by atoms with van der Waals surface area (Å²) < 4.78 is 7.61. The third-order valence-electron chi connectivity index (χ3n) is 3.28.